The van der Waals surface area contributed by atoms with Crippen molar-refractivity contribution in [1.82, 2.24) is 4.90 Å². The predicted octanol–water partition coefficient (Wildman–Crippen LogP) is 2.33. The molecule has 68 valence electrons. The monoisotopic (exact) mass is 184 g/mol. The van der Waals surface area contributed by atoms with Crippen LogP contribution < -0.4 is 0 Å². The highest BCUT2D eigenvalue weighted by atomic mass is 32.2. The Kier molecular flexibility index (Phi) is 3.82. The van der Waals surface area contributed by atoms with Gasteiger partial charge in [0.1, 0.15) is 0 Å². The van der Waals surface area contributed by atoms with Gasteiger partial charge in [0.25, 0.3) is 0 Å². The molecule has 0 fully saturated rings. The molecule has 0 aromatic carbocycles. The molecule has 0 N–H and O–H groups in total. The van der Waals surface area contributed by atoms with Crippen LogP contribution in [0.3, 0.4) is 0 Å². The van der Waals surface area contributed by atoms with E-state index in [0.717, 1.165) is 36.1 Å². The third-order valence-electron chi connectivity index (χ3n) is 1.94. The maximum atomic E-state index is 4.36. The van der Waals surface area contributed by atoms with Crippen LogP contribution in [-0.2, 0) is 0 Å². The van der Waals surface area contributed by atoms with Crippen LogP contribution in [0.1, 0.15) is 20.3 Å². The van der Waals surface area contributed by atoms with Gasteiger partial charge < -0.3 is 0 Å². The highest BCUT2D eigenvalue weighted by Crippen LogP contribution is 2.15. The van der Waals surface area contributed by atoms with Crippen molar-refractivity contribution < 1.29 is 0 Å². The van der Waals surface area contributed by atoms with Crippen LogP contribution in [-0.4, -0.2) is 28.9 Å². The van der Waals surface area contributed by atoms with E-state index in [1.54, 1.807) is 11.8 Å². The molecule has 0 atom stereocenters. The molecule has 2 nitrogen and oxygen atoms in total. The van der Waals surface area contributed by atoms with Gasteiger partial charge in [-0.2, -0.15) is 0 Å². The van der Waals surface area contributed by atoms with Crippen LogP contribution in [0.4, 0.5) is 0 Å². The van der Waals surface area contributed by atoms with E-state index in [9.17, 15) is 0 Å². The van der Waals surface area contributed by atoms with Crippen molar-refractivity contribution in [2.45, 2.75) is 20.3 Å². The molecule has 3 heteroatoms. The van der Waals surface area contributed by atoms with Crippen LogP contribution in [0.25, 0.3) is 0 Å². The van der Waals surface area contributed by atoms with Gasteiger partial charge in [-0.1, -0.05) is 25.3 Å². The highest BCUT2D eigenvalue weighted by Gasteiger charge is 2.07. The Bertz CT molecular complexity index is 199. The molecular weight excluding hydrogens is 168 g/mol. The van der Waals surface area contributed by atoms with E-state index >= 15 is 0 Å². The van der Waals surface area contributed by atoms with E-state index in [-0.39, 0.29) is 0 Å². The maximum Gasteiger partial charge on any atom is 0.0715 e. The standard InChI is InChI=1S/C9H16N2S/c1-4-11-6-5-8(2)10-9(3)12-7-11/h2,4-7H2,1,3H3. The zero-order valence-corrected chi connectivity index (χ0v) is 8.65. The van der Waals surface area contributed by atoms with Crippen LogP contribution in [0.2, 0.25) is 0 Å². The van der Waals surface area contributed by atoms with Crippen LogP contribution in [0.5, 0.6) is 0 Å². The first-order chi connectivity index (χ1) is 5.72. The Morgan fingerprint density at radius 1 is 1.67 bits per heavy atom. The fraction of sp³-hybridized carbons (Fsp3) is 0.667. The van der Waals surface area contributed by atoms with Gasteiger partial charge >= 0.3 is 0 Å². The summed E-state index contributed by atoms with van der Waals surface area (Å²) in [6, 6.07) is 0. The summed E-state index contributed by atoms with van der Waals surface area (Å²) in [6.45, 7) is 10.4. The smallest absolute Gasteiger partial charge is 0.0715 e. The van der Waals surface area contributed by atoms with E-state index in [4.69, 9.17) is 0 Å². The molecule has 0 bridgehead atoms. The second-order valence-corrected chi connectivity index (χ2v) is 4.07. The van der Waals surface area contributed by atoms with Crippen molar-refractivity contribution in [3.05, 3.63) is 12.3 Å². The van der Waals surface area contributed by atoms with Crippen molar-refractivity contribution in [2.24, 2.45) is 4.99 Å². The predicted molar refractivity (Wildman–Crippen MR) is 56.6 cm³/mol. The number of hydrogen-bond acceptors (Lipinski definition) is 3. The molecule has 0 spiro atoms. The summed E-state index contributed by atoms with van der Waals surface area (Å²) >= 11 is 1.80. The number of aliphatic imine (C=N–C) groups is 1. The van der Waals surface area contributed by atoms with Gasteiger partial charge in [0.2, 0.25) is 0 Å². The average molecular weight is 184 g/mol. The van der Waals surface area contributed by atoms with E-state index in [1.807, 2.05) is 0 Å². The van der Waals surface area contributed by atoms with Crippen molar-refractivity contribution in [2.75, 3.05) is 19.0 Å². The number of nitrogens with zero attached hydrogens (tertiary/aromatic N) is 2. The summed E-state index contributed by atoms with van der Waals surface area (Å²) in [5, 5.41) is 1.14. The molecule has 1 aliphatic rings. The Labute approximate surface area is 78.7 Å². The minimum Gasteiger partial charge on any atom is -0.294 e. The largest absolute Gasteiger partial charge is 0.294 e. The third kappa shape index (κ3) is 2.99. The number of rotatable bonds is 1. The maximum absolute atomic E-state index is 4.36. The molecule has 1 heterocycles. The minimum absolute atomic E-state index is 1.01. The molecule has 0 aromatic heterocycles. The van der Waals surface area contributed by atoms with Gasteiger partial charge in [-0.3, -0.25) is 9.89 Å². The SMILES string of the molecule is C=C1CCN(CC)CSC(C)=N1. The summed E-state index contributed by atoms with van der Waals surface area (Å²) in [4.78, 5) is 6.77. The fourth-order valence-corrected chi connectivity index (χ4v) is 1.97. The van der Waals surface area contributed by atoms with Gasteiger partial charge in [-0.25, -0.2) is 0 Å². The molecule has 0 saturated heterocycles. The zero-order valence-electron chi connectivity index (χ0n) is 7.84. The number of hydrogen-bond donors (Lipinski definition) is 0. The molecule has 1 aliphatic heterocycles. The second-order valence-electron chi connectivity index (χ2n) is 2.93. The minimum atomic E-state index is 1.01. The molecular formula is C9H16N2S. The summed E-state index contributed by atoms with van der Waals surface area (Å²) < 4.78 is 0. The Morgan fingerprint density at radius 3 is 3.08 bits per heavy atom. The topological polar surface area (TPSA) is 15.6 Å². The summed E-state index contributed by atoms with van der Waals surface area (Å²) in [5.41, 5.74) is 1.01. The van der Waals surface area contributed by atoms with E-state index in [1.165, 1.54) is 0 Å². The Morgan fingerprint density at radius 2 is 2.42 bits per heavy atom. The lowest BCUT2D eigenvalue weighted by Crippen LogP contribution is -2.25. The first kappa shape index (κ1) is 9.81. The molecule has 0 radical (unpaired) electrons. The van der Waals surface area contributed by atoms with Crippen LogP contribution in [0.15, 0.2) is 17.3 Å². The molecule has 0 amide bonds. The normalized spacial score (nSPS) is 21.5. The molecule has 0 aliphatic carbocycles. The molecule has 0 saturated carbocycles. The van der Waals surface area contributed by atoms with Gasteiger partial charge in [-0.15, -0.1) is 0 Å². The van der Waals surface area contributed by atoms with Crippen molar-refractivity contribution in [1.29, 1.82) is 0 Å². The first-order valence-electron chi connectivity index (χ1n) is 4.30. The second kappa shape index (κ2) is 4.67. The third-order valence-corrected chi connectivity index (χ3v) is 2.94. The lowest BCUT2D eigenvalue weighted by molar-refractivity contribution is 0.342. The van der Waals surface area contributed by atoms with Crippen LogP contribution >= 0.6 is 11.8 Å². The van der Waals surface area contributed by atoms with E-state index in [0.29, 0.717) is 0 Å². The van der Waals surface area contributed by atoms with Crippen LogP contribution in [0, 0.1) is 0 Å². The Balaban J connectivity index is 2.56. The lowest BCUT2D eigenvalue weighted by atomic mass is 10.3. The molecule has 0 aromatic rings. The number of thioether (sulfide) groups is 1. The first-order valence-corrected chi connectivity index (χ1v) is 5.29. The highest BCUT2D eigenvalue weighted by molar-refractivity contribution is 8.13. The average Bonchev–Trinajstić information content (AvgIpc) is 2.02. The quantitative estimate of drug-likeness (QED) is 0.621. The van der Waals surface area contributed by atoms with Crippen molar-refractivity contribution in [3.8, 4) is 0 Å². The fourth-order valence-electron chi connectivity index (χ4n) is 1.10. The van der Waals surface area contributed by atoms with Gasteiger partial charge in [0.15, 0.2) is 0 Å². The van der Waals surface area contributed by atoms with E-state index < -0.39 is 0 Å². The van der Waals surface area contributed by atoms with Gasteiger partial charge in [-0.05, 0) is 13.5 Å². The van der Waals surface area contributed by atoms with Gasteiger partial charge in [0.05, 0.1) is 10.9 Å². The Hall–Kier alpha value is -0.280. The molecule has 1 rings (SSSR count). The molecule has 12 heavy (non-hydrogen) atoms. The van der Waals surface area contributed by atoms with Crippen molar-refractivity contribution >= 4 is 16.8 Å². The molecule has 0 unspecified atom stereocenters. The summed E-state index contributed by atoms with van der Waals surface area (Å²) in [7, 11) is 0. The lowest BCUT2D eigenvalue weighted by Gasteiger charge is -2.21. The van der Waals surface area contributed by atoms with E-state index in [2.05, 4.69) is 30.3 Å². The summed E-state index contributed by atoms with van der Waals surface area (Å²) in [5.74, 6) is 1.07. The van der Waals surface area contributed by atoms with Gasteiger partial charge in [0, 0.05) is 18.7 Å². The summed E-state index contributed by atoms with van der Waals surface area (Å²) in [6.07, 6.45) is 1.01. The zero-order chi connectivity index (χ0) is 8.97. The van der Waals surface area contributed by atoms with Crippen molar-refractivity contribution in [3.63, 3.8) is 0 Å².